The summed E-state index contributed by atoms with van der Waals surface area (Å²) in [4.78, 5) is 27.6. The lowest BCUT2D eigenvalue weighted by atomic mass is 9.95. The highest BCUT2D eigenvalue weighted by Gasteiger charge is 2.47. The molecule has 2 aliphatic heterocycles. The van der Waals surface area contributed by atoms with E-state index in [0.29, 0.717) is 31.1 Å². The molecule has 2 unspecified atom stereocenters. The lowest BCUT2D eigenvalue weighted by molar-refractivity contribution is -0.140. The molecule has 2 aromatic carbocycles. The molecule has 0 radical (unpaired) electrons. The van der Waals surface area contributed by atoms with Crippen molar-refractivity contribution in [3.8, 4) is 5.75 Å². The molecule has 2 aromatic rings. The molecular formula is C26H27NO5. The molecular weight excluding hydrogens is 406 g/mol. The van der Waals surface area contributed by atoms with E-state index in [4.69, 9.17) is 9.47 Å². The number of amides is 1. The zero-order chi connectivity index (χ0) is 22.7. The number of Topliss-reactive ketones (excluding diaryl/α,β-unsaturated/α-hetero) is 1. The van der Waals surface area contributed by atoms with Gasteiger partial charge in [0.1, 0.15) is 18.1 Å². The van der Waals surface area contributed by atoms with Gasteiger partial charge in [-0.3, -0.25) is 9.59 Å². The Hall–Kier alpha value is -3.38. The fourth-order valence-electron chi connectivity index (χ4n) is 4.19. The summed E-state index contributed by atoms with van der Waals surface area (Å²) in [6.07, 6.45) is 3.30. The van der Waals surface area contributed by atoms with E-state index in [1.54, 1.807) is 30.3 Å². The molecule has 2 heterocycles. The Morgan fingerprint density at radius 3 is 2.53 bits per heavy atom. The van der Waals surface area contributed by atoms with Gasteiger partial charge in [0.25, 0.3) is 11.7 Å². The van der Waals surface area contributed by atoms with Crippen molar-refractivity contribution in [3.63, 3.8) is 0 Å². The second-order valence-corrected chi connectivity index (χ2v) is 8.12. The fourth-order valence-corrected chi connectivity index (χ4v) is 4.19. The van der Waals surface area contributed by atoms with Gasteiger partial charge >= 0.3 is 0 Å². The predicted molar refractivity (Wildman–Crippen MR) is 121 cm³/mol. The van der Waals surface area contributed by atoms with Crippen molar-refractivity contribution in [2.75, 3.05) is 19.8 Å². The van der Waals surface area contributed by atoms with Crippen LogP contribution < -0.4 is 4.74 Å². The minimum absolute atomic E-state index is 0.0941. The first-order valence-corrected chi connectivity index (χ1v) is 10.8. The van der Waals surface area contributed by atoms with E-state index >= 15 is 0 Å². The third-order valence-electron chi connectivity index (χ3n) is 5.85. The van der Waals surface area contributed by atoms with Crippen molar-refractivity contribution >= 4 is 17.4 Å². The molecule has 0 aliphatic carbocycles. The highest BCUT2D eigenvalue weighted by Crippen LogP contribution is 2.40. The van der Waals surface area contributed by atoms with Crippen LogP contribution in [0.15, 0.2) is 66.8 Å². The monoisotopic (exact) mass is 433 g/mol. The van der Waals surface area contributed by atoms with Crippen molar-refractivity contribution in [1.29, 1.82) is 0 Å². The van der Waals surface area contributed by atoms with Crippen LogP contribution in [-0.2, 0) is 14.3 Å². The van der Waals surface area contributed by atoms with E-state index < -0.39 is 17.7 Å². The van der Waals surface area contributed by atoms with Crippen LogP contribution in [0.1, 0.15) is 35.6 Å². The highest BCUT2D eigenvalue weighted by molar-refractivity contribution is 6.46. The van der Waals surface area contributed by atoms with E-state index in [9.17, 15) is 14.7 Å². The summed E-state index contributed by atoms with van der Waals surface area (Å²) in [5.74, 6) is -0.817. The molecule has 0 spiro atoms. The van der Waals surface area contributed by atoms with Crippen LogP contribution in [-0.4, -0.2) is 47.6 Å². The molecule has 32 heavy (non-hydrogen) atoms. The van der Waals surface area contributed by atoms with Gasteiger partial charge in [-0.15, -0.1) is 0 Å². The number of hydrogen-bond donors (Lipinski definition) is 1. The Balaban J connectivity index is 1.76. The summed E-state index contributed by atoms with van der Waals surface area (Å²) < 4.78 is 11.3. The molecule has 2 fully saturated rings. The van der Waals surface area contributed by atoms with E-state index in [-0.39, 0.29) is 17.4 Å². The number of benzene rings is 2. The second kappa shape index (κ2) is 9.40. The number of ether oxygens (including phenoxy) is 2. The molecule has 166 valence electrons. The summed E-state index contributed by atoms with van der Waals surface area (Å²) >= 11 is 0. The van der Waals surface area contributed by atoms with Crippen LogP contribution in [0.4, 0.5) is 0 Å². The first-order chi connectivity index (χ1) is 15.5. The third kappa shape index (κ3) is 4.32. The van der Waals surface area contributed by atoms with Crippen molar-refractivity contribution in [2.24, 2.45) is 0 Å². The maximum atomic E-state index is 13.1. The molecule has 2 aliphatic rings. The smallest absolute Gasteiger partial charge is 0.295 e. The minimum Gasteiger partial charge on any atom is -0.507 e. The molecule has 0 bridgehead atoms. The molecule has 4 rings (SSSR count). The van der Waals surface area contributed by atoms with Gasteiger partial charge in [-0.1, -0.05) is 54.6 Å². The first kappa shape index (κ1) is 21.8. The predicted octanol–water partition coefficient (Wildman–Crippen LogP) is 4.16. The summed E-state index contributed by atoms with van der Waals surface area (Å²) in [7, 11) is 0. The molecule has 0 saturated carbocycles. The number of aryl methyl sites for hydroxylation is 1. The van der Waals surface area contributed by atoms with Gasteiger partial charge in [-0.2, -0.15) is 0 Å². The number of aliphatic hydroxyl groups is 1. The van der Waals surface area contributed by atoms with Gasteiger partial charge in [0.05, 0.1) is 17.7 Å². The lowest BCUT2D eigenvalue weighted by Crippen LogP contribution is -2.36. The van der Waals surface area contributed by atoms with Crippen LogP contribution in [0.25, 0.3) is 5.76 Å². The van der Waals surface area contributed by atoms with Gasteiger partial charge < -0.3 is 19.5 Å². The number of likely N-dealkylation sites (tertiary alicyclic amines) is 1. The molecule has 1 amide bonds. The lowest BCUT2D eigenvalue weighted by Gasteiger charge is -2.27. The van der Waals surface area contributed by atoms with Gasteiger partial charge in [-0.05, 0) is 37.5 Å². The second-order valence-electron chi connectivity index (χ2n) is 8.12. The van der Waals surface area contributed by atoms with E-state index in [0.717, 1.165) is 24.0 Å². The quantitative estimate of drug-likeness (QED) is 0.307. The average molecular weight is 434 g/mol. The molecule has 2 saturated heterocycles. The third-order valence-corrected chi connectivity index (χ3v) is 5.85. The van der Waals surface area contributed by atoms with Gasteiger partial charge in [0, 0.05) is 18.7 Å². The van der Waals surface area contributed by atoms with Crippen LogP contribution in [0.5, 0.6) is 5.75 Å². The van der Waals surface area contributed by atoms with E-state index in [1.165, 1.54) is 4.90 Å². The Bertz CT molecular complexity index is 1030. The number of aliphatic hydroxyl groups excluding tert-OH is 1. The van der Waals surface area contributed by atoms with Gasteiger partial charge in [0.15, 0.2) is 0 Å². The summed E-state index contributed by atoms with van der Waals surface area (Å²) in [6, 6.07) is 13.7. The van der Waals surface area contributed by atoms with Crippen molar-refractivity contribution in [3.05, 3.63) is 83.4 Å². The summed E-state index contributed by atoms with van der Waals surface area (Å²) in [6.45, 7) is 6.92. The van der Waals surface area contributed by atoms with Crippen molar-refractivity contribution in [2.45, 2.75) is 31.9 Å². The Kier molecular flexibility index (Phi) is 6.42. The zero-order valence-electron chi connectivity index (χ0n) is 18.1. The topological polar surface area (TPSA) is 76.1 Å². The summed E-state index contributed by atoms with van der Waals surface area (Å²) in [5.41, 5.74) is 2.35. The van der Waals surface area contributed by atoms with E-state index in [2.05, 4.69) is 6.58 Å². The number of nitrogens with zero attached hydrogens (tertiary/aromatic N) is 1. The number of hydrogen-bond acceptors (Lipinski definition) is 5. The largest absolute Gasteiger partial charge is 0.507 e. The van der Waals surface area contributed by atoms with Gasteiger partial charge in [-0.25, -0.2) is 0 Å². The zero-order valence-corrected chi connectivity index (χ0v) is 18.1. The van der Waals surface area contributed by atoms with Crippen LogP contribution in [0.2, 0.25) is 0 Å². The number of rotatable bonds is 7. The normalized spacial score (nSPS) is 22.3. The van der Waals surface area contributed by atoms with Gasteiger partial charge in [0.2, 0.25) is 0 Å². The van der Waals surface area contributed by atoms with Crippen LogP contribution in [0, 0.1) is 6.92 Å². The van der Waals surface area contributed by atoms with Crippen LogP contribution >= 0.6 is 0 Å². The molecule has 6 heteroatoms. The average Bonchev–Trinajstić information content (AvgIpc) is 3.40. The number of carbonyl (C=O) groups excluding carboxylic acids is 2. The Morgan fingerprint density at radius 1 is 1.19 bits per heavy atom. The Morgan fingerprint density at radius 2 is 1.91 bits per heavy atom. The maximum absolute atomic E-state index is 13.1. The fraction of sp³-hybridized carbons (Fsp3) is 0.308. The highest BCUT2D eigenvalue weighted by atomic mass is 16.5. The standard InChI is InChI=1S/C26H27NO5/c1-3-14-31-20-12-10-18(11-13-20)23-22(24(28)19-8-6-17(2)7-9-19)25(29)26(30)27(23)16-21-5-4-15-32-21/h3,6-13,21,23,28H,1,4-5,14-16H2,2H3. The summed E-state index contributed by atoms with van der Waals surface area (Å²) in [5, 5.41) is 11.1. The van der Waals surface area contributed by atoms with Crippen molar-refractivity contribution < 1.29 is 24.2 Å². The molecule has 1 N–H and O–H groups in total. The molecule has 0 aromatic heterocycles. The minimum atomic E-state index is -0.700. The number of carbonyl (C=O) groups is 2. The molecule has 2 atom stereocenters. The van der Waals surface area contributed by atoms with Crippen molar-refractivity contribution in [1.82, 2.24) is 4.90 Å². The van der Waals surface area contributed by atoms with Crippen LogP contribution in [0.3, 0.4) is 0 Å². The number of ketones is 1. The maximum Gasteiger partial charge on any atom is 0.295 e. The SMILES string of the molecule is C=CCOc1ccc(C2C(=C(O)c3ccc(C)cc3)C(=O)C(=O)N2CC2CCCO2)cc1. The van der Waals surface area contributed by atoms with E-state index in [1.807, 2.05) is 31.2 Å². The first-order valence-electron chi connectivity index (χ1n) is 10.8. The Labute approximate surface area is 187 Å². The molecule has 6 nitrogen and oxygen atoms in total.